The SMILES string of the molecule is CCC(C)N(C)CCn1c(N)nc2cc(F)c(Br)cc21. The van der Waals surface area contributed by atoms with E-state index in [0.29, 0.717) is 22.0 Å². The molecule has 0 saturated heterocycles. The van der Waals surface area contributed by atoms with E-state index in [0.717, 1.165) is 25.0 Å². The highest BCUT2D eigenvalue weighted by Gasteiger charge is 2.13. The number of fused-ring (bicyclic) bond motifs is 1. The first kappa shape index (κ1) is 15.3. The summed E-state index contributed by atoms with van der Waals surface area (Å²) < 4.78 is 15.9. The monoisotopic (exact) mass is 342 g/mol. The third kappa shape index (κ3) is 2.96. The van der Waals surface area contributed by atoms with Gasteiger partial charge in [-0.25, -0.2) is 9.37 Å². The number of nitrogen functional groups attached to an aromatic ring is 1. The molecule has 1 unspecified atom stereocenters. The zero-order valence-electron chi connectivity index (χ0n) is 12.0. The number of nitrogens with two attached hydrogens (primary N) is 1. The maximum Gasteiger partial charge on any atom is 0.201 e. The van der Waals surface area contributed by atoms with E-state index in [2.05, 4.69) is 46.7 Å². The summed E-state index contributed by atoms with van der Waals surface area (Å²) in [6.07, 6.45) is 1.10. The highest BCUT2D eigenvalue weighted by atomic mass is 79.9. The maximum absolute atomic E-state index is 13.5. The summed E-state index contributed by atoms with van der Waals surface area (Å²) in [4.78, 5) is 6.50. The van der Waals surface area contributed by atoms with Gasteiger partial charge >= 0.3 is 0 Å². The van der Waals surface area contributed by atoms with Gasteiger partial charge in [0.2, 0.25) is 5.95 Å². The average Bonchev–Trinajstić information content (AvgIpc) is 2.71. The molecule has 0 spiro atoms. The Labute approximate surface area is 126 Å². The first-order valence-corrected chi connectivity index (χ1v) is 7.54. The summed E-state index contributed by atoms with van der Waals surface area (Å²) in [5.41, 5.74) is 7.39. The van der Waals surface area contributed by atoms with Gasteiger partial charge in [-0.1, -0.05) is 6.92 Å². The molecule has 1 heterocycles. The van der Waals surface area contributed by atoms with Crippen LogP contribution in [0.3, 0.4) is 0 Å². The number of rotatable bonds is 5. The minimum absolute atomic E-state index is 0.320. The maximum atomic E-state index is 13.5. The molecular formula is C14H20BrFN4. The summed E-state index contributed by atoms with van der Waals surface area (Å²) in [6, 6.07) is 3.66. The molecule has 0 fully saturated rings. The lowest BCUT2D eigenvalue weighted by molar-refractivity contribution is 0.244. The predicted molar refractivity (Wildman–Crippen MR) is 84.2 cm³/mol. The van der Waals surface area contributed by atoms with Crippen molar-refractivity contribution in [1.82, 2.24) is 14.5 Å². The van der Waals surface area contributed by atoms with Gasteiger partial charge < -0.3 is 15.2 Å². The average molecular weight is 343 g/mol. The highest BCUT2D eigenvalue weighted by molar-refractivity contribution is 9.10. The van der Waals surface area contributed by atoms with Gasteiger partial charge in [-0.2, -0.15) is 0 Å². The topological polar surface area (TPSA) is 47.1 Å². The fourth-order valence-corrected chi connectivity index (χ4v) is 2.49. The van der Waals surface area contributed by atoms with Gasteiger partial charge in [-0.3, -0.25) is 0 Å². The largest absolute Gasteiger partial charge is 0.369 e. The van der Waals surface area contributed by atoms with Crippen molar-refractivity contribution in [2.24, 2.45) is 0 Å². The Balaban J connectivity index is 2.26. The molecule has 1 atom stereocenters. The fraction of sp³-hybridized carbons (Fsp3) is 0.500. The third-order valence-electron chi connectivity index (χ3n) is 3.84. The lowest BCUT2D eigenvalue weighted by atomic mass is 10.2. The molecule has 0 aliphatic heterocycles. The van der Waals surface area contributed by atoms with Crippen LogP contribution < -0.4 is 5.73 Å². The molecule has 110 valence electrons. The van der Waals surface area contributed by atoms with Crippen molar-refractivity contribution >= 4 is 32.9 Å². The summed E-state index contributed by atoms with van der Waals surface area (Å²) in [6.45, 7) is 5.98. The van der Waals surface area contributed by atoms with E-state index in [4.69, 9.17) is 5.73 Å². The second kappa shape index (κ2) is 6.10. The van der Waals surface area contributed by atoms with E-state index in [1.165, 1.54) is 6.07 Å². The normalized spacial score (nSPS) is 13.3. The Morgan fingerprint density at radius 3 is 2.85 bits per heavy atom. The van der Waals surface area contributed by atoms with Gasteiger partial charge in [0.25, 0.3) is 0 Å². The standard InChI is InChI=1S/C14H20BrFN4/c1-4-9(2)19(3)5-6-20-13-7-10(15)11(16)8-12(13)18-14(20)17/h7-9H,4-6H2,1-3H3,(H2,17,18). The van der Waals surface area contributed by atoms with Crippen molar-refractivity contribution in [3.63, 3.8) is 0 Å². The van der Waals surface area contributed by atoms with Gasteiger partial charge in [0.1, 0.15) is 5.82 Å². The summed E-state index contributed by atoms with van der Waals surface area (Å²) in [5, 5.41) is 0. The zero-order chi connectivity index (χ0) is 14.9. The summed E-state index contributed by atoms with van der Waals surface area (Å²) in [7, 11) is 2.10. The van der Waals surface area contributed by atoms with E-state index in [1.54, 1.807) is 6.07 Å². The smallest absolute Gasteiger partial charge is 0.201 e. The molecule has 0 radical (unpaired) electrons. The predicted octanol–water partition coefficient (Wildman–Crippen LogP) is 3.25. The first-order chi connectivity index (χ1) is 9.43. The molecular weight excluding hydrogens is 323 g/mol. The van der Waals surface area contributed by atoms with E-state index in [-0.39, 0.29) is 5.82 Å². The number of hydrogen-bond acceptors (Lipinski definition) is 3. The Kier molecular flexibility index (Phi) is 4.65. The van der Waals surface area contributed by atoms with E-state index in [9.17, 15) is 4.39 Å². The second-order valence-electron chi connectivity index (χ2n) is 5.11. The number of anilines is 1. The number of nitrogens with zero attached hydrogens (tertiary/aromatic N) is 3. The Morgan fingerprint density at radius 1 is 1.50 bits per heavy atom. The molecule has 0 saturated carbocycles. The number of benzene rings is 1. The number of halogens is 2. The van der Waals surface area contributed by atoms with E-state index < -0.39 is 0 Å². The van der Waals surface area contributed by atoms with Crippen LogP contribution in [0.25, 0.3) is 11.0 Å². The molecule has 0 amide bonds. The Hall–Kier alpha value is -1.14. The second-order valence-corrected chi connectivity index (χ2v) is 5.97. The quantitative estimate of drug-likeness (QED) is 0.907. The van der Waals surface area contributed by atoms with Crippen molar-refractivity contribution in [3.8, 4) is 0 Å². The molecule has 2 aromatic rings. The van der Waals surface area contributed by atoms with Crippen molar-refractivity contribution in [3.05, 3.63) is 22.4 Å². The molecule has 4 nitrogen and oxygen atoms in total. The van der Waals surface area contributed by atoms with Crippen LogP contribution >= 0.6 is 15.9 Å². The molecule has 0 bridgehead atoms. The van der Waals surface area contributed by atoms with Crippen molar-refractivity contribution in [2.75, 3.05) is 19.3 Å². The van der Waals surface area contributed by atoms with Crippen LogP contribution in [0.4, 0.5) is 10.3 Å². The number of imidazole rings is 1. The van der Waals surface area contributed by atoms with Crippen LogP contribution in [-0.4, -0.2) is 34.1 Å². The molecule has 1 aromatic heterocycles. The van der Waals surface area contributed by atoms with E-state index >= 15 is 0 Å². The van der Waals surface area contributed by atoms with Crippen molar-refractivity contribution in [1.29, 1.82) is 0 Å². The van der Waals surface area contributed by atoms with Crippen LogP contribution in [0.1, 0.15) is 20.3 Å². The Bertz CT molecular complexity index is 611. The van der Waals surface area contributed by atoms with Crippen LogP contribution in [0.2, 0.25) is 0 Å². The van der Waals surface area contributed by atoms with Gasteiger partial charge in [0.05, 0.1) is 15.5 Å². The third-order valence-corrected chi connectivity index (χ3v) is 4.45. The number of hydrogen-bond donors (Lipinski definition) is 1. The van der Waals surface area contributed by atoms with Crippen molar-refractivity contribution in [2.45, 2.75) is 32.9 Å². The van der Waals surface area contributed by atoms with E-state index in [1.807, 2.05) is 4.57 Å². The Morgan fingerprint density at radius 2 is 2.20 bits per heavy atom. The molecule has 1 aromatic carbocycles. The van der Waals surface area contributed by atoms with Crippen LogP contribution in [0.15, 0.2) is 16.6 Å². The van der Waals surface area contributed by atoms with Crippen LogP contribution in [0, 0.1) is 5.82 Å². The van der Waals surface area contributed by atoms with Crippen LogP contribution in [-0.2, 0) is 6.54 Å². The van der Waals surface area contributed by atoms with Gasteiger partial charge in [0, 0.05) is 25.2 Å². The molecule has 20 heavy (non-hydrogen) atoms. The van der Waals surface area contributed by atoms with Gasteiger partial charge in [-0.15, -0.1) is 0 Å². The summed E-state index contributed by atoms with van der Waals surface area (Å²) in [5.74, 6) is 0.105. The molecule has 0 aliphatic carbocycles. The summed E-state index contributed by atoms with van der Waals surface area (Å²) >= 11 is 3.21. The minimum Gasteiger partial charge on any atom is -0.369 e. The highest BCUT2D eigenvalue weighted by Crippen LogP contribution is 2.25. The van der Waals surface area contributed by atoms with Crippen molar-refractivity contribution < 1.29 is 4.39 Å². The molecule has 2 N–H and O–H groups in total. The molecule has 0 aliphatic rings. The lowest BCUT2D eigenvalue weighted by Crippen LogP contribution is -2.31. The molecule has 2 rings (SSSR count). The number of likely N-dealkylation sites (N-methyl/N-ethyl adjacent to an activating group) is 1. The number of aromatic nitrogens is 2. The lowest BCUT2D eigenvalue weighted by Gasteiger charge is -2.23. The molecule has 6 heteroatoms. The van der Waals surface area contributed by atoms with Gasteiger partial charge in [0.15, 0.2) is 0 Å². The van der Waals surface area contributed by atoms with Gasteiger partial charge in [-0.05, 0) is 42.4 Å². The minimum atomic E-state index is -0.320. The fourth-order valence-electron chi connectivity index (χ4n) is 2.16. The first-order valence-electron chi connectivity index (χ1n) is 6.75. The van der Waals surface area contributed by atoms with Crippen LogP contribution in [0.5, 0.6) is 0 Å². The zero-order valence-corrected chi connectivity index (χ0v) is 13.6.